The maximum atomic E-state index is 12.1. The van der Waals surface area contributed by atoms with E-state index in [-0.39, 0.29) is 10.8 Å². The topological polar surface area (TPSA) is 98.0 Å². The fraction of sp³-hybridized carbons (Fsp3) is 0.167. The third kappa shape index (κ3) is 3.07. The Kier molecular flexibility index (Phi) is 3.77. The number of nitrogens with two attached hydrogens (primary N) is 1. The summed E-state index contributed by atoms with van der Waals surface area (Å²) in [5.74, 6) is 0.0445. The Morgan fingerprint density at radius 1 is 1.26 bits per heavy atom. The predicted octanol–water partition coefficient (Wildman–Crippen LogP) is 1.04. The Bertz CT molecular complexity index is 671. The minimum atomic E-state index is -3.68. The molecule has 0 amide bonds. The number of sulfonamides is 1. The third-order valence-corrected chi connectivity index (χ3v) is 3.96. The summed E-state index contributed by atoms with van der Waals surface area (Å²) in [4.78, 5) is 7.81. The van der Waals surface area contributed by atoms with Gasteiger partial charge in [0, 0.05) is 18.9 Å². The van der Waals surface area contributed by atoms with Crippen LogP contribution in [-0.4, -0.2) is 18.4 Å². The number of hydrogen-bond acceptors (Lipinski definition) is 5. The van der Waals surface area contributed by atoms with Crippen molar-refractivity contribution in [1.29, 1.82) is 0 Å². The van der Waals surface area contributed by atoms with Gasteiger partial charge in [-0.25, -0.2) is 23.1 Å². The van der Waals surface area contributed by atoms with Gasteiger partial charge in [-0.15, -0.1) is 0 Å². The molecular weight excluding hydrogens is 264 g/mol. The first-order valence-corrected chi connectivity index (χ1v) is 7.10. The first-order chi connectivity index (χ1) is 9.03. The van der Waals surface area contributed by atoms with E-state index in [2.05, 4.69) is 14.7 Å². The Balaban J connectivity index is 2.32. The van der Waals surface area contributed by atoms with Crippen LogP contribution in [0, 0.1) is 6.92 Å². The maximum Gasteiger partial charge on any atom is 0.264 e. The van der Waals surface area contributed by atoms with Crippen molar-refractivity contribution in [2.24, 2.45) is 5.73 Å². The normalized spacial score (nSPS) is 11.3. The fourth-order valence-electron chi connectivity index (χ4n) is 1.60. The van der Waals surface area contributed by atoms with Gasteiger partial charge in [-0.3, -0.25) is 0 Å². The summed E-state index contributed by atoms with van der Waals surface area (Å²) in [7, 11) is -3.68. The molecule has 0 spiro atoms. The van der Waals surface area contributed by atoms with Gasteiger partial charge in [-0.2, -0.15) is 0 Å². The van der Waals surface area contributed by atoms with Crippen LogP contribution in [0.3, 0.4) is 0 Å². The van der Waals surface area contributed by atoms with Crippen molar-refractivity contribution in [3.63, 3.8) is 0 Å². The monoisotopic (exact) mass is 278 g/mol. The van der Waals surface area contributed by atoms with Gasteiger partial charge in [0.2, 0.25) is 5.95 Å². The first kappa shape index (κ1) is 13.4. The minimum Gasteiger partial charge on any atom is -0.326 e. The number of nitrogens with one attached hydrogen (secondary N) is 1. The van der Waals surface area contributed by atoms with Crippen LogP contribution in [0.5, 0.6) is 0 Å². The lowest BCUT2D eigenvalue weighted by Gasteiger charge is -2.09. The fourth-order valence-corrected chi connectivity index (χ4v) is 2.64. The average molecular weight is 278 g/mol. The number of benzene rings is 1. The zero-order valence-electron chi connectivity index (χ0n) is 10.4. The predicted molar refractivity (Wildman–Crippen MR) is 71.9 cm³/mol. The molecule has 0 radical (unpaired) electrons. The average Bonchev–Trinajstić information content (AvgIpc) is 2.39. The van der Waals surface area contributed by atoms with Crippen molar-refractivity contribution < 1.29 is 8.42 Å². The minimum absolute atomic E-state index is 0.0445. The first-order valence-electron chi connectivity index (χ1n) is 5.62. The zero-order chi connectivity index (χ0) is 13.9. The summed E-state index contributed by atoms with van der Waals surface area (Å²) in [6.07, 6.45) is 2.93. The van der Waals surface area contributed by atoms with Gasteiger partial charge in [0.15, 0.2) is 0 Å². The molecule has 6 nitrogen and oxygen atoms in total. The standard InChI is InChI=1S/C12H14N4O2S/c1-9-7-11(4-3-10(9)8-13)19(17,18)16-12-14-5-2-6-15-12/h2-7H,8,13H2,1H3,(H,14,15,16). The molecule has 0 atom stereocenters. The van der Waals surface area contributed by atoms with E-state index >= 15 is 0 Å². The molecule has 100 valence electrons. The van der Waals surface area contributed by atoms with Crippen LogP contribution in [0.15, 0.2) is 41.6 Å². The number of aromatic nitrogens is 2. The van der Waals surface area contributed by atoms with E-state index in [9.17, 15) is 8.42 Å². The highest BCUT2D eigenvalue weighted by Gasteiger charge is 2.16. The number of rotatable bonds is 4. The molecule has 0 aliphatic carbocycles. The number of aryl methyl sites for hydroxylation is 1. The molecule has 1 heterocycles. The van der Waals surface area contributed by atoms with E-state index < -0.39 is 10.0 Å². The molecule has 19 heavy (non-hydrogen) atoms. The molecule has 1 aromatic carbocycles. The van der Waals surface area contributed by atoms with E-state index in [0.29, 0.717) is 6.54 Å². The van der Waals surface area contributed by atoms with Gasteiger partial charge in [-0.05, 0) is 36.2 Å². The SMILES string of the molecule is Cc1cc(S(=O)(=O)Nc2ncccn2)ccc1CN. The van der Waals surface area contributed by atoms with Gasteiger partial charge in [0.1, 0.15) is 0 Å². The second-order valence-electron chi connectivity index (χ2n) is 3.97. The second-order valence-corrected chi connectivity index (χ2v) is 5.65. The quantitative estimate of drug-likeness (QED) is 0.871. The molecule has 2 rings (SSSR count). The lowest BCUT2D eigenvalue weighted by molar-refractivity contribution is 0.600. The van der Waals surface area contributed by atoms with Crippen molar-refractivity contribution in [3.05, 3.63) is 47.8 Å². The molecule has 0 saturated carbocycles. The molecule has 7 heteroatoms. The molecule has 2 aromatic rings. The van der Waals surface area contributed by atoms with E-state index in [1.165, 1.54) is 18.5 Å². The summed E-state index contributed by atoms with van der Waals surface area (Å²) >= 11 is 0. The van der Waals surface area contributed by atoms with Crippen molar-refractivity contribution >= 4 is 16.0 Å². The lowest BCUT2D eigenvalue weighted by Crippen LogP contribution is -2.15. The Morgan fingerprint density at radius 3 is 2.53 bits per heavy atom. The highest BCUT2D eigenvalue weighted by Crippen LogP contribution is 2.17. The maximum absolute atomic E-state index is 12.1. The van der Waals surface area contributed by atoms with Crippen molar-refractivity contribution in [1.82, 2.24) is 9.97 Å². The molecule has 3 N–H and O–H groups in total. The zero-order valence-corrected chi connectivity index (χ0v) is 11.2. The molecular formula is C12H14N4O2S. The molecule has 0 aliphatic heterocycles. The van der Waals surface area contributed by atoms with Crippen molar-refractivity contribution in [2.45, 2.75) is 18.4 Å². The van der Waals surface area contributed by atoms with Gasteiger partial charge < -0.3 is 5.73 Å². The summed E-state index contributed by atoms with van der Waals surface area (Å²) in [5.41, 5.74) is 7.29. The molecule has 0 unspecified atom stereocenters. The van der Waals surface area contributed by atoms with Crippen LogP contribution in [0.2, 0.25) is 0 Å². The lowest BCUT2D eigenvalue weighted by atomic mass is 10.1. The van der Waals surface area contributed by atoms with Gasteiger partial charge >= 0.3 is 0 Å². The summed E-state index contributed by atoms with van der Waals surface area (Å²) in [6, 6.07) is 6.40. The van der Waals surface area contributed by atoms with Gasteiger partial charge in [-0.1, -0.05) is 6.07 Å². The summed E-state index contributed by atoms with van der Waals surface area (Å²) < 4.78 is 26.6. The van der Waals surface area contributed by atoms with E-state index in [0.717, 1.165) is 11.1 Å². The number of nitrogens with zero attached hydrogens (tertiary/aromatic N) is 2. The van der Waals surface area contributed by atoms with Crippen LogP contribution < -0.4 is 10.5 Å². The van der Waals surface area contributed by atoms with Crippen LogP contribution >= 0.6 is 0 Å². The molecule has 1 aromatic heterocycles. The van der Waals surface area contributed by atoms with Crippen LogP contribution in [0.1, 0.15) is 11.1 Å². The number of hydrogen-bond donors (Lipinski definition) is 2. The summed E-state index contributed by atoms with van der Waals surface area (Å²) in [5, 5.41) is 0. The Morgan fingerprint density at radius 2 is 1.95 bits per heavy atom. The largest absolute Gasteiger partial charge is 0.326 e. The van der Waals surface area contributed by atoms with Crippen molar-refractivity contribution in [2.75, 3.05) is 4.72 Å². The summed E-state index contributed by atoms with van der Waals surface area (Å²) in [6.45, 7) is 2.20. The second kappa shape index (κ2) is 5.33. The van der Waals surface area contributed by atoms with E-state index in [1.807, 2.05) is 6.92 Å². The number of anilines is 1. The molecule has 0 saturated heterocycles. The van der Waals surface area contributed by atoms with E-state index in [4.69, 9.17) is 5.73 Å². The van der Waals surface area contributed by atoms with Gasteiger partial charge in [0.25, 0.3) is 10.0 Å². The molecule has 0 aliphatic rings. The van der Waals surface area contributed by atoms with Crippen LogP contribution in [0.4, 0.5) is 5.95 Å². The van der Waals surface area contributed by atoms with Crippen molar-refractivity contribution in [3.8, 4) is 0 Å². The third-order valence-electron chi connectivity index (χ3n) is 2.64. The van der Waals surface area contributed by atoms with E-state index in [1.54, 1.807) is 18.2 Å². The molecule has 0 fully saturated rings. The Labute approximate surface area is 111 Å². The highest BCUT2D eigenvalue weighted by atomic mass is 32.2. The Hall–Kier alpha value is -1.99. The molecule has 0 bridgehead atoms. The van der Waals surface area contributed by atoms with Crippen LogP contribution in [-0.2, 0) is 16.6 Å². The smallest absolute Gasteiger partial charge is 0.264 e. The highest BCUT2D eigenvalue weighted by molar-refractivity contribution is 7.92. The van der Waals surface area contributed by atoms with Crippen LogP contribution in [0.25, 0.3) is 0 Å². The van der Waals surface area contributed by atoms with Gasteiger partial charge in [0.05, 0.1) is 4.90 Å².